The standard InChI is InChI=1S/FHN2O3S/c1-2(4)7-3(5)6/h4H. The molecule has 1 N–H and O–H groups in total. The fraction of sp³-hybridized carbons (Fsp3) is 0. The number of halogens is 1. The van der Waals surface area contributed by atoms with E-state index in [0.29, 0.717) is 0 Å². The number of nitro groups is 1. The van der Waals surface area contributed by atoms with Gasteiger partial charge in [-0.15, -0.1) is 0 Å². The first-order valence-corrected chi connectivity index (χ1v) is 1.83. The summed E-state index contributed by atoms with van der Waals surface area (Å²) in [7, 11) is 0. The van der Waals surface area contributed by atoms with Gasteiger partial charge in [0.05, 0.1) is 0 Å². The molecule has 0 aromatic heterocycles. The Morgan fingerprint density at radius 1 is 2.00 bits per heavy atom. The van der Waals surface area contributed by atoms with Crippen LogP contribution < -0.4 is 0 Å². The fourth-order valence-corrected chi connectivity index (χ4v) is 0.165. The maximum atomic E-state index is 10.9. The molecule has 0 aromatic carbocycles. The van der Waals surface area contributed by atoms with E-state index in [0.717, 1.165) is 0 Å². The molecule has 5 nitrogen and oxygen atoms in total. The van der Waals surface area contributed by atoms with Gasteiger partial charge in [0.1, 0.15) is 9.02 Å². The SMILES string of the molecule is O=[N+]([O-])SN(O)F. The second-order valence-corrected chi connectivity index (χ2v) is 1.29. The Morgan fingerprint density at radius 3 is 2.43 bits per heavy atom. The molecule has 0 fully saturated rings. The molecule has 0 heterocycles. The van der Waals surface area contributed by atoms with Gasteiger partial charge >= 0.3 is 12.1 Å². The van der Waals surface area contributed by atoms with Gasteiger partial charge in [-0.25, -0.2) is 10.1 Å². The normalized spacial score (nSPS) is 9.57. The summed E-state index contributed by atoms with van der Waals surface area (Å²) in [5.74, 6) is 0. The summed E-state index contributed by atoms with van der Waals surface area (Å²) >= 11 is -0.546. The molecule has 0 radical (unpaired) electrons. The van der Waals surface area contributed by atoms with Crippen molar-refractivity contribution in [2.45, 2.75) is 0 Å². The largest absolute Gasteiger partial charge is 0.382 e. The minimum absolute atomic E-state index is 0.546. The fourth-order valence-electron chi connectivity index (χ4n) is 0.0550. The molecule has 0 spiro atoms. The Balaban J connectivity index is 3.13. The highest BCUT2D eigenvalue weighted by Crippen LogP contribution is 2.04. The zero-order chi connectivity index (χ0) is 5.86. The van der Waals surface area contributed by atoms with E-state index in [2.05, 4.69) is 0 Å². The lowest BCUT2D eigenvalue weighted by atomic mass is 13.3. The summed E-state index contributed by atoms with van der Waals surface area (Å²) < 4.78 is 8.70. The smallest absolute Gasteiger partial charge is 0.271 e. The molecule has 42 valence electrons. The highest BCUT2D eigenvalue weighted by molar-refractivity contribution is 7.90. The summed E-state index contributed by atoms with van der Waals surface area (Å²) in [4.78, 5) is 9.14. The number of hydrogen-bond donors (Lipinski definition) is 1. The molecule has 7 heavy (non-hydrogen) atoms. The first-order valence-electron chi connectivity index (χ1n) is 1.10. The van der Waals surface area contributed by atoms with Crippen molar-refractivity contribution < 1.29 is 14.0 Å². The second-order valence-electron chi connectivity index (χ2n) is 0.532. The molecule has 0 unspecified atom stereocenters. The molecule has 0 saturated carbocycles. The lowest BCUT2D eigenvalue weighted by Crippen LogP contribution is -1.98. The van der Waals surface area contributed by atoms with E-state index in [-0.39, 0.29) is 0 Å². The Labute approximate surface area is 42.0 Å². The highest BCUT2D eigenvalue weighted by Gasteiger charge is 2.08. The van der Waals surface area contributed by atoms with Crippen LogP contribution in [0.1, 0.15) is 0 Å². The third-order valence-corrected chi connectivity index (χ3v) is 0.402. The van der Waals surface area contributed by atoms with E-state index in [1.54, 1.807) is 0 Å². The predicted molar refractivity (Wildman–Crippen MR) is 19.3 cm³/mol. The number of nitrogens with zero attached hydrogens (tertiary/aromatic N) is 2. The van der Waals surface area contributed by atoms with Crippen LogP contribution in [-0.4, -0.2) is 14.2 Å². The van der Waals surface area contributed by atoms with Crippen LogP contribution in [0, 0.1) is 10.1 Å². The zero-order valence-corrected chi connectivity index (χ0v) is 3.76. The first-order chi connectivity index (χ1) is 3.13. The van der Waals surface area contributed by atoms with Crippen molar-refractivity contribution in [3.63, 3.8) is 0 Å². The molecule has 0 saturated heterocycles. The highest BCUT2D eigenvalue weighted by atomic mass is 32.2. The summed E-state index contributed by atoms with van der Waals surface area (Å²) in [6, 6.07) is 0. The Hall–Kier alpha value is -0.400. The molecular weight excluding hydrogens is 127 g/mol. The van der Waals surface area contributed by atoms with Gasteiger partial charge in [-0.1, -0.05) is 4.48 Å². The van der Waals surface area contributed by atoms with E-state index in [1.165, 1.54) is 0 Å². The van der Waals surface area contributed by atoms with E-state index >= 15 is 0 Å². The molecule has 0 amide bonds. The summed E-state index contributed by atoms with van der Waals surface area (Å²) in [5.41, 5.74) is 0. The molecule has 0 aliphatic carbocycles. The van der Waals surface area contributed by atoms with E-state index in [1.807, 2.05) is 0 Å². The van der Waals surface area contributed by atoms with E-state index in [9.17, 15) is 4.48 Å². The molecule has 0 rings (SSSR count). The summed E-state index contributed by atoms with van der Waals surface area (Å²) in [6.07, 6.45) is 0. The first kappa shape index (κ1) is 6.60. The zero-order valence-electron chi connectivity index (χ0n) is 2.94. The number of rotatable bonds is 2. The van der Waals surface area contributed by atoms with Crippen molar-refractivity contribution in [2.24, 2.45) is 0 Å². The van der Waals surface area contributed by atoms with Crippen molar-refractivity contribution >= 4 is 12.1 Å². The maximum absolute atomic E-state index is 10.9. The van der Waals surface area contributed by atoms with E-state index < -0.39 is 21.2 Å². The van der Waals surface area contributed by atoms with Gasteiger partial charge in [0.25, 0.3) is 0 Å². The molecular formula is HFN2O3S. The van der Waals surface area contributed by atoms with Crippen LogP contribution in [-0.2, 0) is 0 Å². The van der Waals surface area contributed by atoms with Gasteiger partial charge in [0.2, 0.25) is 0 Å². The quantitative estimate of drug-likeness (QED) is 0.252. The van der Waals surface area contributed by atoms with Crippen molar-refractivity contribution in [1.29, 1.82) is 0 Å². The van der Waals surface area contributed by atoms with E-state index in [4.69, 9.17) is 15.3 Å². The topological polar surface area (TPSA) is 66.6 Å². The Bertz CT molecular complexity index is 73.3. The predicted octanol–water partition coefficient (Wildman–Crippen LogP) is 0.402. The monoisotopic (exact) mass is 128 g/mol. The third-order valence-electron chi connectivity index (χ3n) is 0.134. The molecule has 0 bridgehead atoms. The summed E-state index contributed by atoms with van der Waals surface area (Å²) in [6.45, 7) is 0. The van der Waals surface area contributed by atoms with Crippen LogP contribution in [0.25, 0.3) is 0 Å². The van der Waals surface area contributed by atoms with Crippen LogP contribution in [0.3, 0.4) is 0 Å². The lowest BCUT2D eigenvalue weighted by molar-refractivity contribution is -0.310. The van der Waals surface area contributed by atoms with Crippen LogP contribution in [0.2, 0.25) is 0 Å². The van der Waals surface area contributed by atoms with Crippen LogP contribution in [0.15, 0.2) is 0 Å². The lowest BCUT2D eigenvalue weighted by Gasteiger charge is -1.86. The summed E-state index contributed by atoms with van der Waals surface area (Å²) in [5, 5.41) is 16.5. The van der Waals surface area contributed by atoms with Gasteiger partial charge in [-0.3, -0.25) is 5.21 Å². The van der Waals surface area contributed by atoms with Crippen molar-refractivity contribution in [3.8, 4) is 0 Å². The minimum Gasteiger partial charge on any atom is -0.271 e. The van der Waals surface area contributed by atoms with Crippen LogP contribution in [0.5, 0.6) is 0 Å². The van der Waals surface area contributed by atoms with Crippen LogP contribution in [0.4, 0.5) is 4.48 Å². The third kappa shape index (κ3) is 5.60. The van der Waals surface area contributed by atoms with Crippen molar-refractivity contribution in [2.75, 3.05) is 0 Å². The average Bonchev–Trinajstić information content (AvgIpc) is 1.27. The molecule has 0 aliphatic rings. The van der Waals surface area contributed by atoms with Gasteiger partial charge in [-0.2, -0.15) is 0 Å². The minimum atomic E-state index is -1.08. The van der Waals surface area contributed by atoms with Gasteiger partial charge in [-0.05, 0) is 0 Å². The molecule has 0 aliphatic heterocycles. The second kappa shape index (κ2) is 2.72. The van der Waals surface area contributed by atoms with Crippen molar-refractivity contribution in [3.05, 3.63) is 10.1 Å². The van der Waals surface area contributed by atoms with Gasteiger partial charge in [0, 0.05) is 0 Å². The maximum Gasteiger partial charge on any atom is 0.382 e. The van der Waals surface area contributed by atoms with Crippen LogP contribution >= 0.6 is 12.1 Å². The molecule has 0 aromatic rings. The molecule has 7 heteroatoms. The van der Waals surface area contributed by atoms with Crippen molar-refractivity contribution in [1.82, 2.24) is 4.69 Å². The molecule has 0 atom stereocenters. The Kier molecular flexibility index (Phi) is 2.56. The van der Waals surface area contributed by atoms with Gasteiger partial charge < -0.3 is 0 Å². The number of hydrogen-bond acceptors (Lipinski definition) is 5. The average molecular weight is 128 g/mol. The Morgan fingerprint density at radius 2 is 2.43 bits per heavy atom. The van der Waals surface area contributed by atoms with Gasteiger partial charge in [0.15, 0.2) is 0 Å².